The number of anilines is 1. The van der Waals surface area contributed by atoms with Gasteiger partial charge in [-0.25, -0.2) is 0 Å². The summed E-state index contributed by atoms with van der Waals surface area (Å²) < 4.78 is 5.93. The molecule has 1 fully saturated rings. The number of hydrogen-bond donors (Lipinski definition) is 0. The third-order valence-corrected chi connectivity index (χ3v) is 5.02. The maximum Gasteiger partial charge on any atom is 0.280 e. The Morgan fingerprint density at radius 2 is 1.92 bits per heavy atom. The van der Waals surface area contributed by atoms with Crippen LogP contribution in [0.15, 0.2) is 18.2 Å². The van der Waals surface area contributed by atoms with Crippen molar-refractivity contribution in [3.8, 4) is 5.75 Å². The van der Waals surface area contributed by atoms with Gasteiger partial charge in [0.2, 0.25) is 0 Å². The fourth-order valence-corrected chi connectivity index (χ4v) is 3.37. The van der Waals surface area contributed by atoms with E-state index in [4.69, 9.17) is 4.74 Å². The minimum Gasteiger partial charge on any atom is -0.465 e. The van der Waals surface area contributed by atoms with E-state index in [0.717, 1.165) is 25.2 Å². The van der Waals surface area contributed by atoms with Crippen LogP contribution in [0, 0.1) is 6.92 Å². The molecule has 1 aromatic rings. The average molecular weight is 331 g/mol. The van der Waals surface area contributed by atoms with E-state index in [1.165, 1.54) is 4.90 Å². The lowest BCUT2D eigenvalue weighted by atomic mass is 9.98. The molecule has 0 spiro atoms. The molecule has 2 heterocycles. The molecular weight excluding hydrogens is 306 g/mol. The molecule has 1 aromatic carbocycles. The summed E-state index contributed by atoms with van der Waals surface area (Å²) in [5.41, 5.74) is 0.259. The predicted molar refractivity (Wildman–Crippen MR) is 92.3 cm³/mol. The Morgan fingerprint density at radius 3 is 2.54 bits per heavy atom. The van der Waals surface area contributed by atoms with Crippen LogP contribution in [0.5, 0.6) is 5.75 Å². The fraction of sp³-hybridized carbons (Fsp3) is 0.556. The third-order valence-electron chi connectivity index (χ3n) is 5.02. The summed E-state index contributed by atoms with van der Waals surface area (Å²) >= 11 is 0. The summed E-state index contributed by atoms with van der Waals surface area (Å²) in [6.45, 7) is 9.56. The number of rotatable bonds is 2. The largest absolute Gasteiger partial charge is 0.465 e. The van der Waals surface area contributed by atoms with Crippen LogP contribution in [-0.2, 0) is 9.59 Å². The SMILES string of the molecule is CCN1CCN(C(=O)C2(C)Oc3ccc(C)cc3N(C)C2=O)CC1. The number of benzene rings is 1. The second-order valence-electron chi connectivity index (χ2n) is 6.70. The van der Waals surface area contributed by atoms with Gasteiger partial charge in [0.05, 0.1) is 5.69 Å². The van der Waals surface area contributed by atoms with Gasteiger partial charge in [-0.15, -0.1) is 0 Å². The highest BCUT2D eigenvalue weighted by Gasteiger charge is 2.51. The molecule has 130 valence electrons. The highest BCUT2D eigenvalue weighted by Crippen LogP contribution is 2.38. The van der Waals surface area contributed by atoms with Crippen molar-refractivity contribution >= 4 is 17.5 Å². The third kappa shape index (κ3) is 2.65. The fourth-order valence-electron chi connectivity index (χ4n) is 3.37. The molecule has 0 bridgehead atoms. The van der Waals surface area contributed by atoms with Crippen molar-refractivity contribution in [3.63, 3.8) is 0 Å². The smallest absolute Gasteiger partial charge is 0.280 e. The van der Waals surface area contributed by atoms with Crippen LogP contribution in [0.2, 0.25) is 0 Å². The molecule has 0 aromatic heterocycles. The van der Waals surface area contributed by atoms with Gasteiger partial charge in [-0.05, 0) is 38.1 Å². The first-order valence-corrected chi connectivity index (χ1v) is 8.46. The van der Waals surface area contributed by atoms with Gasteiger partial charge >= 0.3 is 0 Å². The van der Waals surface area contributed by atoms with Gasteiger partial charge in [-0.3, -0.25) is 9.59 Å². The molecule has 0 saturated carbocycles. The summed E-state index contributed by atoms with van der Waals surface area (Å²) in [5.74, 6) is 0.00981. The number of piperazine rings is 1. The topological polar surface area (TPSA) is 53.1 Å². The van der Waals surface area contributed by atoms with Gasteiger partial charge < -0.3 is 19.4 Å². The van der Waals surface area contributed by atoms with Crippen molar-refractivity contribution in [3.05, 3.63) is 23.8 Å². The van der Waals surface area contributed by atoms with Crippen LogP contribution in [-0.4, -0.2) is 67.0 Å². The first-order chi connectivity index (χ1) is 11.4. The standard InChI is InChI=1S/C18H25N3O3/c1-5-20-8-10-21(11-9-20)17(23)18(3)16(22)19(4)14-12-13(2)6-7-15(14)24-18/h6-7,12H,5,8-11H2,1-4H3. The first-order valence-electron chi connectivity index (χ1n) is 8.46. The highest BCUT2D eigenvalue weighted by molar-refractivity contribution is 6.16. The number of amides is 2. The van der Waals surface area contributed by atoms with E-state index in [9.17, 15) is 9.59 Å². The van der Waals surface area contributed by atoms with E-state index in [-0.39, 0.29) is 11.8 Å². The van der Waals surface area contributed by atoms with E-state index >= 15 is 0 Å². The van der Waals surface area contributed by atoms with Gasteiger partial charge in [0.25, 0.3) is 17.4 Å². The Balaban J connectivity index is 1.86. The molecule has 6 heteroatoms. The molecule has 1 atom stereocenters. The summed E-state index contributed by atoms with van der Waals surface area (Å²) in [4.78, 5) is 31.5. The number of carbonyl (C=O) groups is 2. The Bertz CT molecular complexity index is 667. The van der Waals surface area contributed by atoms with Gasteiger partial charge in [0.1, 0.15) is 5.75 Å². The number of nitrogens with zero attached hydrogens (tertiary/aromatic N) is 3. The molecule has 1 unspecified atom stereocenters. The Kier molecular flexibility index (Phi) is 4.25. The van der Waals surface area contributed by atoms with Crippen LogP contribution < -0.4 is 9.64 Å². The summed E-state index contributed by atoms with van der Waals surface area (Å²) in [6, 6.07) is 5.65. The molecule has 3 rings (SSSR count). The zero-order valence-electron chi connectivity index (χ0n) is 14.8. The van der Waals surface area contributed by atoms with E-state index in [0.29, 0.717) is 24.5 Å². The zero-order chi connectivity index (χ0) is 17.5. The number of aryl methyl sites for hydroxylation is 1. The van der Waals surface area contributed by atoms with E-state index in [1.54, 1.807) is 18.9 Å². The van der Waals surface area contributed by atoms with Crippen LogP contribution in [0.3, 0.4) is 0 Å². The van der Waals surface area contributed by atoms with Crippen LogP contribution in [0.4, 0.5) is 5.69 Å². The number of likely N-dealkylation sites (N-methyl/N-ethyl adjacent to an activating group) is 2. The van der Waals surface area contributed by atoms with Gasteiger partial charge in [-0.2, -0.15) is 0 Å². The summed E-state index contributed by atoms with van der Waals surface area (Å²) in [5, 5.41) is 0. The van der Waals surface area contributed by atoms with E-state index in [2.05, 4.69) is 11.8 Å². The number of fused-ring (bicyclic) bond motifs is 1. The highest BCUT2D eigenvalue weighted by atomic mass is 16.5. The second-order valence-corrected chi connectivity index (χ2v) is 6.70. The van der Waals surface area contributed by atoms with Crippen LogP contribution in [0.25, 0.3) is 0 Å². The number of ether oxygens (including phenoxy) is 1. The molecular formula is C18H25N3O3. The van der Waals surface area contributed by atoms with Gasteiger partial charge in [0, 0.05) is 33.2 Å². The number of carbonyl (C=O) groups excluding carboxylic acids is 2. The normalized spacial score (nSPS) is 24.6. The van der Waals surface area contributed by atoms with Crippen LogP contribution >= 0.6 is 0 Å². The average Bonchev–Trinajstić information content (AvgIpc) is 2.60. The molecule has 1 saturated heterocycles. The Hall–Kier alpha value is -2.08. The molecule has 2 aliphatic rings. The predicted octanol–water partition coefficient (Wildman–Crippen LogP) is 1.27. The van der Waals surface area contributed by atoms with Crippen molar-refractivity contribution in [1.82, 2.24) is 9.80 Å². The van der Waals surface area contributed by atoms with E-state index in [1.807, 2.05) is 25.1 Å². The second kappa shape index (κ2) is 6.09. The molecule has 0 aliphatic carbocycles. The zero-order valence-corrected chi connectivity index (χ0v) is 14.8. The minimum atomic E-state index is -1.49. The molecule has 0 radical (unpaired) electrons. The first kappa shape index (κ1) is 16.8. The lowest BCUT2D eigenvalue weighted by Crippen LogP contribution is -2.64. The van der Waals surface area contributed by atoms with Crippen molar-refractivity contribution in [2.45, 2.75) is 26.4 Å². The van der Waals surface area contributed by atoms with Gasteiger partial charge in [0.15, 0.2) is 0 Å². The lowest BCUT2D eigenvalue weighted by molar-refractivity contribution is -0.157. The van der Waals surface area contributed by atoms with Crippen molar-refractivity contribution in [2.75, 3.05) is 44.7 Å². The van der Waals surface area contributed by atoms with Crippen molar-refractivity contribution < 1.29 is 14.3 Å². The van der Waals surface area contributed by atoms with E-state index < -0.39 is 5.60 Å². The molecule has 2 aliphatic heterocycles. The maximum atomic E-state index is 13.0. The van der Waals surface area contributed by atoms with Gasteiger partial charge in [-0.1, -0.05) is 13.0 Å². The Labute approximate surface area is 143 Å². The lowest BCUT2D eigenvalue weighted by Gasteiger charge is -2.42. The minimum absolute atomic E-state index is 0.249. The Morgan fingerprint density at radius 1 is 1.25 bits per heavy atom. The molecule has 0 N–H and O–H groups in total. The van der Waals surface area contributed by atoms with Crippen LogP contribution in [0.1, 0.15) is 19.4 Å². The quantitative estimate of drug-likeness (QED) is 0.766. The monoisotopic (exact) mass is 331 g/mol. The summed E-state index contributed by atoms with van der Waals surface area (Å²) in [6.07, 6.45) is 0. The summed E-state index contributed by atoms with van der Waals surface area (Å²) in [7, 11) is 1.70. The number of hydrogen-bond acceptors (Lipinski definition) is 4. The molecule has 24 heavy (non-hydrogen) atoms. The maximum absolute atomic E-state index is 13.0. The van der Waals surface area contributed by atoms with Crippen molar-refractivity contribution in [2.24, 2.45) is 0 Å². The van der Waals surface area contributed by atoms with Crippen molar-refractivity contribution in [1.29, 1.82) is 0 Å². The molecule has 6 nitrogen and oxygen atoms in total. The molecule has 2 amide bonds.